The molecule has 0 saturated heterocycles. The molecule has 0 unspecified atom stereocenters. The lowest BCUT2D eigenvalue weighted by Crippen LogP contribution is -2.22. The van der Waals surface area contributed by atoms with E-state index in [-0.39, 0.29) is 18.4 Å². The van der Waals surface area contributed by atoms with Crippen molar-refractivity contribution in [2.45, 2.75) is 59.3 Å². The fourth-order valence-corrected chi connectivity index (χ4v) is 3.09. The maximum atomic E-state index is 12.4. The third-order valence-corrected chi connectivity index (χ3v) is 5.03. The molecule has 2 aromatic carbocycles. The van der Waals surface area contributed by atoms with Gasteiger partial charge in [0.1, 0.15) is 5.75 Å². The van der Waals surface area contributed by atoms with Crippen LogP contribution in [0.3, 0.4) is 0 Å². The van der Waals surface area contributed by atoms with E-state index in [1.165, 1.54) is 25.7 Å². The maximum Gasteiger partial charge on any atom is 0.243 e. The smallest absolute Gasteiger partial charge is 0.243 e. The summed E-state index contributed by atoms with van der Waals surface area (Å²) in [4.78, 5) is 24.0. The molecule has 6 heteroatoms. The third kappa shape index (κ3) is 8.70. The highest BCUT2D eigenvalue weighted by Crippen LogP contribution is 2.23. The van der Waals surface area contributed by atoms with Crippen molar-refractivity contribution >= 4 is 28.9 Å². The molecule has 31 heavy (non-hydrogen) atoms. The zero-order valence-corrected chi connectivity index (χ0v) is 18.9. The Morgan fingerprint density at radius 2 is 1.48 bits per heavy atom. The van der Waals surface area contributed by atoms with Crippen molar-refractivity contribution in [2.75, 3.05) is 29.1 Å². The van der Waals surface area contributed by atoms with Crippen LogP contribution in [0.25, 0.3) is 0 Å². The van der Waals surface area contributed by atoms with Gasteiger partial charge < -0.3 is 20.7 Å². The highest BCUT2D eigenvalue weighted by Gasteiger charge is 2.09. The van der Waals surface area contributed by atoms with Gasteiger partial charge in [-0.05, 0) is 55.3 Å². The average molecular weight is 426 g/mol. The molecule has 0 aliphatic carbocycles. The molecule has 0 saturated carbocycles. The molecular formula is C25H35N3O3. The maximum absolute atomic E-state index is 12.4. The number of nitrogens with one attached hydrogen (secondary N) is 3. The van der Waals surface area contributed by atoms with E-state index in [9.17, 15) is 9.59 Å². The first kappa shape index (κ1) is 24.3. The summed E-state index contributed by atoms with van der Waals surface area (Å²) in [6, 6.07) is 13.1. The van der Waals surface area contributed by atoms with Gasteiger partial charge in [0.25, 0.3) is 0 Å². The molecule has 0 radical (unpaired) electrons. The first-order valence-corrected chi connectivity index (χ1v) is 11.2. The Bertz CT molecular complexity index is 834. The van der Waals surface area contributed by atoms with Gasteiger partial charge in [-0.25, -0.2) is 0 Å². The van der Waals surface area contributed by atoms with Crippen LogP contribution in [0, 0.1) is 6.92 Å². The SMILES string of the molecule is CCCCCCCOc1ccc(NCC(=O)Nc2cccc(NC(=O)CC)c2C)cc1. The van der Waals surface area contributed by atoms with Gasteiger partial charge >= 0.3 is 0 Å². The monoisotopic (exact) mass is 425 g/mol. The number of unbranched alkanes of at least 4 members (excludes halogenated alkanes) is 4. The molecule has 0 spiro atoms. The second-order valence-electron chi connectivity index (χ2n) is 7.57. The van der Waals surface area contributed by atoms with Gasteiger partial charge in [0, 0.05) is 23.5 Å². The van der Waals surface area contributed by atoms with E-state index in [0.717, 1.165) is 30.0 Å². The van der Waals surface area contributed by atoms with E-state index < -0.39 is 0 Å². The van der Waals surface area contributed by atoms with Crippen molar-refractivity contribution in [3.8, 4) is 5.75 Å². The summed E-state index contributed by atoms with van der Waals surface area (Å²) >= 11 is 0. The van der Waals surface area contributed by atoms with Crippen LogP contribution in [0.2, 0.25) is 0 Å². The van der Waals surface area contributed by atoms with Gasteiger partial charge in [-0.2, -0.15) is 0 Å². The molecule has 2 rings (SSSR count). The fourth-order valence-electron chi connectivity index (χ4n) is 3.09. The van der Waals surface area contributed by atoms with E-state index in [2.05, 4.69) is 22.9 Å². The minimum absolute atomic E-state index is 0.0582. The van der Waals surface area contributed by atoms with E-state index >= 15 is 0 Å². The third-order valence-electron chi connectivity index (χ3n) is 5.03. The van der Waals surface area contributed by atoms with Crippen molar-refractivity contribution in [3.63, 3.8) is 0 Å². The molecule has 0 bridgehead atoms. The lowest BCUT2D eigenvalue weighted by Gasteiger charge is -2.14. The van der Waals surface area contributed by atoms with Crippen molar-refractivity contribution in [1.29, 1.82) is 0 Å². The first-order chi connectivity index (χ1) is 15.0. The highest BCUT2D eigenvalue weighted by molar-refractivity contribution is 5.97. The number of anilines is 3. The highest BCUT2D eigenvalue weighted by atomic mass is 16.5. The fraction of sp³-hybridized carbons (Fsp3) is 0.440. The van der Waals surface area contributed by atoms with Crippen LogP contribution in [-0.4, -0.2) is 25.0 Å². The Morgan fingerprint density at radius 1 is 0.839 bits per heavy atom. The summed E-state index contributed by atoms with van der Waals surface area (Å²) in [6.07, 6.45) is 6.48. The summed E-state index contributed by atoms with van der Waals surface area (Å²) < 4.78 is 5.77. The summed E-state index contributed by atoms with van der Waals surface area (Å²) in [5.41, 5.74) is 3.07. The lowest BCUT2D eigenvalue weighted by molar-refractivity contribution is -0.116. The van der Waals surface area contributed by atoms with Crippen LogP contribution in [0.4, 0.5) is 17.1 Å². The van der Waals surface area contributed by atoms with Gasteiger partial charge in [-0.1, -0.05) is 45.6 Å². The van der Waals surface area contributed by atoms with Crippen LogP contribution in [-0.2, 0) is 9.59 Å². The topological polar surface area (TPSA) is 79.5 Å². The van der Waals surface area contributed by atoms with Crippen LogP contribution in [0.1, 0.15) is 57.9 Å². The van der Waals surface area contributed by atoms with E-state index in [0.29, 0.717) is 17.8 Å². The molecule has 168 valence electrons. The molecule has 0 fully saturated rings. The molecule has 0 aromatic heterocycles. The average Bonchev–Trinajstić information content (AvgIpc) is 2.78. The van der Waals surface area contributed by atoms with Gasteiger partial charge in [-0.3, -0.25) is 9.59 Å². The largest absolute Gasteiger partial charge is 0.494 e. The van der Waals surface area contributed by atoms with Gasteiger partial charge in [0.05, 0.1) is 13.2 Å². The zero-order valence-electron chi connectivity index (χ0n) is 18.9. The Kier molecular flexibility index (Phi) is 10.4. The van der Waals surface area contributed by atoms with Crippen molar-refractivity contribution in [1.82, 2.24) is 0 Å². The Morgan fingerprint density at radius 3 is 2.13 bits per heavy atom. The summed E-state index contributed by atoms with van der Waals surface area (Å²) in [6.45, 7) is 6.76. The van der Waals surface area contributed by atoms with E-state index in [1.54, 1.807) is 6.92 Å². The molecule has 0 aliphatic heterocycles. The number of carbonyl (C=O) groups excluding carboxylic acids is 2. The minimum atomic E-state index is -0.158. The van der Waals surface area contributed by atoms with E-state index in [1.807, 2.05) is 49.4 Å². The molecule has 0 aliphatic rings. The quantitative estimate of drug-likeness (QED) is 0.357. The molecule has 0 atom stereocenters. The summed E-state index contributed by atoms with van der Waals surface area (Å²) in [7, 11) is 0. The van der Waals surface area contributed by atoms with Crippen LogP contribution in [0.5, 0.6) is 5.75 Å². The predicted molar refractivity (Wildman–Crippen MR) is 128 cm³/mol. The van der Waals surface area contributed by atoms with Crippen molar-refractivity contribution < 1.29 is 14.3 Å². The number of amides is 2. The molecule has 3 N–H and O–H groups in total. The number of carbonyl (C=O) groups is 2. The number of hydrogen-bond acceptors (Lipinski definition) is 4. The predicted octanol–water partition coefficient (Wildman–Crippen LogP) is 5.74. The summed E-state index contributed by atoms with van der Waals surface area (Å²) in [5, 5.41) is 8.86. The second kappa shape index (κ2) is 13.3. The number of rotatable bonds is 13. The Hall–Kier alpha value is -3.02. The number of hydrogen-bond donors (Lipinski definition) is 3. The Labute approximate surface area is 185 Å². The zero-order chi connectivity index (χ0) is 22.5. The minimum Gasteiger partial charge on any atom is -0.494 e. The summed E-state index contributed by atoms with van der Waals surface area (Å²) in [5.74, 6) is 0.624. The standard InChI is InChI=1S/C25H35N3O3/c1-4-6-7-8-9-17-31-21-15-13-20(14-16-21)26-18-25(30)28-23-12-10-11-22(19(23)3)27-24(29)5-2/h10-16,26H,4-9,17-18H2,1-3H3,(H,27,29)(H,28,30). The molecule has 6 nitrogen and oxygen atoms in total. The van der Waals surface area contributed by atoms with Crippen LogP contribution in [0.15, 0.2) is 42.5 Å². The van der Waals surface area contributed by atoms with Crippen molar-refractivity contribution in [3.05, 3.63) is 48.0 Å². The van der Waals surface area contributed by atoms with Crippen molar-refractivity contribution in [2.24, 2.45) is 0 Å². The first-order valence-electron chi connectivity index (χ1n) is 11.2. The van der Waals surface area contributed by atoms with Gasteiger partial charge in [0.15, 0.2) is 0 Å². The molecular weight excluding hydrogens is 390 g/mol. The normalized spacial score (nSPS) is 10.4. The second-order valence-corrected chi connectivity index (χ2v) is 7.57. The lowest BCUT2D eigenvalue weighted by atomic mass is 10.1. The van der Waals surface area contributed by atoms with Gasteiger partial charge in [0.2, 0.25) is 11.8 Å². The number of benzene rings is 2. The van der Waals surface area contributed by atoms with E-state index in [4.69, 9.17) is 4.74 Å². The molecule has 0 heterocycles. The van der Waals surface area contributed by atoms with Crippen LogP contribution < -0.4 is 20.7 Å². The number of ether oxygens (including phenoxy) is 1. The van der Waals surface area contributed by atoms with Gasteiger partial charge in [-0.15, -0.1) is 0 Å². The molecule has 2 aromatic rings. The van der Waals surface area contributed by atoms with Crippen LogP contribution >= 0.6 is 0 Å². The Balaban J connectivity index is 1.77. The molecule has 2 amide bonds.